The van der Waals surface area contributed by atoms with E-state index in [1.54, 1.807) is 0 Å². The van der Waals surface area contributed by atoms with E-state index in [4.69, 9.17) is 10.5 Å². The normalized spacial score (nSPS) is 24.8. The molecule has 4 nitrogen and oxygen atoms in total. The number of nitrogens with one attached hydrogen (secondary N) is 1. The number of nitrogens with zero attached hydrogens (tertiary/aromatic N) is 1. The zero-order chi connectivity index (χ0) is 11.7. The van der Waals surface area contributed by atoms with Crippen LogP contribution in [0.25, 0.3) is 0 Å². The fourth-order valence-corrected chi connectivity index (χ4v) is 2.68. The smallest absolute Gasteiger partial charge is 0.0608 e. The molecule has 3 N–H and O–H groups in total. The first kappa shape index (κ1) is 11.0. The maximum absolute atomic E-state index is 5.81. The number of hydrogen-bond donors (Lipinski definition) is 2. The molecule has 1 aliphatic carbocycles. The lowest BCUT2D eigenvalue weighted by molar-refractivity contribution is 0.00348. The number of rotatable bonds is 2. The van der Waals surface area contributed by atoms with Gasteiger partial charge in [0.2, 0.25) is 0 Å². The van der Waals surface area contributed by atoms with Crippen molar-refractivity contribution in [3.63, 3.8) is 0 Å². The molecular formula is C13H19N3O. The summed E-state index contributed by atoms with van der Waals surface area (Å²) in [4.78, 5) is 0. The van der Waals surface area contributed by atoms with Crippen molar-refractivity contribution in [2.75, 3.05) is 32.0 Å². The van der Waals surface area contributed by atoms with E-state index < -0.39 is 0 Å². The summed E-state index contributed by atoms with van der Waals surface area (Å²) in [7, 11) is 0. The van der Waals surface area contributed by atoms with E-state index in [2.05, 4.69) is 22.6 Å². The second-order valence-corrected chi connectivity index (χ2v) is 4.78. The van der Waals surface area contributed by atoms with Crippen LogP contribution >= 0.6 is 0 Å². The molecule has 92 valence electrons. The Morgan fingerprint density at radius 1 is 1.29 bits per heavy atom. The van der Waals surface area contributed by atoms with Crippen LogP contribution in [-0.4, -0.2) is 31.3 Å². The van der Waals surface area contributed by atoms with Crippen molar-refractivity contribution >= 4 is 5.69 Å². The largest absolute Gasteiger partial charge is 0.399 e. The maximum Gasteiger partial charge on any atom is 0.0608 e. The molecule has 1 atom stereocenters. The zero-order valence-electron chi connectivity index (χ0n) is 9.98. The van der Waals surface area contributed by atoms with E-state index in [-0.39, 0.29) is 0 Å². The van der Waals surface area contributed by atoms with Gasteiger partial charge in [0, 0.05) is 24.8 Å². The van der Waals surface area contributed by atoms with Crippen molar-refractivity contribution in [2.24, 2.45) is 0 Å². The number of fused-ring (bicyclic) bond motifs is 1. The lowest BCUT2D eigenvalue weighted by atomic mass is 10.1. The van der Waals surface area contributed by atoms with E-state index in [0.717, 1.165) is 44.8 Å². The Morgan fingerprint density at radius 3 is 2.94 bits per heavy atom. The Labute approximate surface area is 102 Å². The summed E-state index contributed by atoms with van der Waals surface area (Å²) in [5.41, 5.74) is 13.1. The standard InChI is InChI=1S/C13H19N3O/c14-11-2-3-12-10(9-11)1-4-13(12)15-16-5-7-17-8-6-16/h2-3,9,13,15H,1,4-8,14H2. The first-order valence-electron chi connectivity index (χ1n) is 6.30. The fourth-order valence-electron chi connectivity index (χ4n) is 2.68. The molecule has 0 bridgehead atoms. The maximum atomic E-state index is 5.81. The second kappa shape index (κ2) is 4.64. The Hall–Kier alpha value is -1.10. The minimum atomic E-state index is 0.448. The average molecular weight is 233 g/mol. The average Bonchev–Trinajstić information content (AvgIpc) is 2.73. The Morgan fingerprint density at radius 2 is 2.12 bits per heavy atom. The van der Waals surface area contributed by atoms with E-state index in [1.165, 1.54) is 11.1 Å². The molecule has 1 saturated heterocycles. The molecule has 3 rings (SSSR count). The van der Waals surface area contributed by atoms with Gasteiger partial charge in [-0.25, -0.2) is 10.4 Å². The van der Waals surface area contributed by atoms with Crippen LogP contribution in [0.5, 0.6) is 0 Å². The molecule has 1 heterocycles. The number of benzene rings is 1. The van der Waals surface area contributed by atoms with Crippen LogP contribution in [0.15, 0.2) is 18.2 Å². The highest BCUT2D eigenvalue weighted by Crippen LogP contribution is 2.32. The van der Waals surface area contributed by atoms with Crippen molar-refractivity contribution in [3.05, 3.63) is 29.3 Å². The first-order valence-corrected chi connectivity index (χ1v) is 6.30. The minimum Gasteiger partial charge on any atom is -0.399 e. The van der Waals surface area contributed by atoms with Gasteiger partial charge in [0.05, 0.1) is 13.2 Å². The Balaban J connectivity index is 1.70. The highest BCUT2D eigenvalue weighted by Gasteiger charge is 2.24. The number of morpholine rings is 1. The molecule has 0 radical (unpaired) electrons. The molecule has 1 unspecified atom stereocenters. The van der Waals surface area contributed by atoms with Gasteiger partial charge in [-0.05, 0) is 36.1 Å². The molecule has 0 saturated carbocycles. The summed E-state index contributed by atoms with van der Waals surface area (Å²) in [6.45, 7) is 3.60. The van der Waals surface area contributed by atoms with Gasteiger partial charge in [0.25, 0.3) is 0 Å². The molecule has 1 aliphatic heterocycles. The predicted molar refractivity (Wildman–Crippen MR) is 67.4 cm³/mol. The van der Waals surface area contributed by atoms with Gasteiger partial charge in [-0.2, -0.15) is 0 Å². The van der Waals surface area contributed by atoms with Gasteiger partial charge in [0.15, 0.2) is 0 Å². The molecule has 1 aromatic rings. The van der Waals surface area contributed by atoms with Crippen molar-refractivity contribution in [1.82, 2.24) is 10.4 Å². The molecule has 1 fully saturated rings. The quantitative estimate of drug-likeness (QED) is 0.751. The molecular weight excluding hydrogens is 214 g/mol. The third-order valence-corrected chi connectivity index (χ3v) is 3.59. The molecule has 1 aromatic carbocycles. The van der Waals surface area contributed by atoms with Gasteiger partial charge in [-0.3, -0.25) is 0 Å². The van der Waals surface area contributed by atoms with E-state index >= 15 is 0 Å². The number of hydrazine groups is 1. The third-order valence-electron chi connectivity index (χ3n) is 3.59. The Bertz CT molecular complexity index is 402. The predicted octanol–water partition coefficient (Wildman–Crippen LogP) is 1.09. The summed E-state index contributed by atoms with van der Waals surface area (Å²) in [5.74, 6) is 0. The third kappa shape index (κ3) is 2.29. The van der Waals surface area contributed by atoms with Crippen molar-refractivity contribution in [3.8, 4) is 0 Å². The van der Waals surface area contributed by atoms with Crippen LogP contribution in [0, 0.1) is 0 Å². The topological polar surface area (TPSA) is 50.5 Å². The Kier molecular flexibility index (Phi) is 3.01. The van der Waals surface area contributed by atoms with Gasteiger partial charge >= 0.3 is 0 Å². The summed E-state index contributed by atoms with van der Waals surface area (Å²) in [5, 5.41) is 2.28. The molecule has 4 heteroatoms. The fraction of sp³-hybridized carbons (Fsp3) is 0.538. The van der Waals surface area contributed by atoms with E-state index in [1.807, 2.05) is 6.07 Å². The summed E-state index contributed by atoms with van der Waals surface area (Å²) >= 11 is 0. The van der Waals surface area contributed by atoms with E-state index in [0.29, 0.717) is 6.04 Å². The minimum absolute atomic E-state index is 0.448. The van der Waals surface area contributed by atoms with Gasteiger partial charge in [-0.15, -0.1) is 0 Å². The van der Waals surface area contributed by atoms with Crippen LogP contribution in [-0.2, 0) is 11.2 Å². The number of anilines is 1. The van der Waals surface area contributed by atoms with Gasteiger partial charge in [0.1, 0.15) is 0 Å². The van der Waals surface area contributed by atoms with E-state index in [9.17, 15) is 0 Å². The van der Waals surface area contributed by atoms with Crippen LogP contribution in [0.1, 0.15) is 23.6 Å². The molecule has 2 aliphatic rings. The lowest BCUT2D eigenvalue weighted by Crippen LogP contribution is -2.46. The van der Waals surface area contributed by atoms with Gasteiger partial charge in [-0.1, -0.05) is 6.07 Å². The van der Waals surface area contributed by atoms with Crippen molar-refractivity contribution in [2.45, 2.75) is 18.9 Å². The highest BCUT2D eigenvalue weighted by atomic mass is 16.5. The highest BCUT2D eigenvalue weighted by molar-refractivity contribution is 5.47. The lowest BCUT2D eigenvalue weighted by Gasteiger charge is -2.30. The number of hydrogen-bond acceptors (Lipinski definition) is 4. The van der Waals surface area contributed by atoms with Crippen LogP contribution in [0.3, 0.4) is 0 Å². The van der Waals surface area contributed by atoms with Crippen molar-refractivity contribution in [1.29, 1.82) is 0 Å². The van der Waals surface area contributed by atoms with Gasteiger partial charge < -0.3 is 10.5 Å². The monoisotopic (exact) mass is 233 g/mol. The SMILES string of the molecule is Nc1ccc2c(c1)CCC2NN1CCOCC1. The number of nitrogens with two attached hydrogens (primary N) is 1. The number of aryl methyl sites for hydroxylation is 1. The molecule has 17 heavy (non-hydrogen) atoms. The van der Waals surface area contributed by atoms with Crippen LogP contribution < -0.4 is 11.2 Å². The van der Waals surface area contributed by atoms with Crippen molar-refractivity contribution < 1.29 is 4.74 Å². The number of ether oxygens (including phenoxy) is 1. The molecule has 0 amide bonds. The molecule has 0 spiro atoms. The summed E-state index contributed by atoms with van der Waals surface area (Å²) < 4.78 is 5.35. The van der Waals surface area contributed by atoms with Crippen LogP contribution in [0.4, 0.5) is 5.69 Å². The van der Waals surface area contributed by atoms with Crippen LogP contribution in [0.2, 0.25) is 0 Å². The zero-order valence-corrected chi connectivity index (χ0v) is 9.98. The first-order chi connectivity index (χ1) is 8.33. The summed E-state index contributed by atoms with van der Waals surface area (Å²) in [6.07, 6.45) is 2.29. The second-order valence-electron chi connectivity index (χ2n) is 4.78. The summed E-state index contributed by atoms with van der Waals surface area (Å²) in [6, 6.07) is 6.72. The molecule has 0 aromatic heterocycles. The number of nitrogen functional groups attached to an aromatic ring is 1.